The van der Waals surface area contributed by atoms with Gasteiger partial charge < -0.3 is 20.5 Å². The molecule has 1 aromatic carbocycles. The highest BCUT2D eigenvalue weighted by Crippen LogP contribution is 2.25. The van der Waals surface area contributed by atoms with Gasteiger partial charge in [-0.15, -0.1) is 0 Å². The van der Waals surface area contributed by atoms with Gasteiger partial charge in [-0.1, -0.05) is 24.3 Å². The van der Waals surface area contributed by atoms with Crippen LogP contribution in [-0.4, -0.2) is 47.9 Å². The lowest BCUT2D eigenvalue weighted by Crippen LogP contribution is -2.49. The third-order valence-corrected chi connectivity index (χ3v) is 5.73. The summed E-state index contributed by atoms with van der Waals surface area (Å²) in [5.74, 6) is 0.171. The second-order valence-corrected chi connectivity index (χ2v) is 7.59. The van der Waals surface area contributed by atoms with Crippen LogP contribution in [0.25, 0.3) is 0 Å². The fourth-order valence-corrected chi connectivity index (χ4v) is 4.00. The number of aliphatic hydroxyl groups is 1. The van der Waals surface area contributed by atoms with E-state index in [0.29, 0.717) is 11.5 Å². The highest BCUT2D eigenvalue weighted by atomic mass is 16.5. The minimum absolute atomic E-state index is 0.0644. The number of aliphatic hydroxyl groups excluding tert-OH is 1. The Kier molecular flexibility index (Phi) is 6.00. The molecule has 0 saturated carbocycles. The summed E-state index contributed by atoms with van der Waals surface area (Å²) in [5.41, 5.74) is 4.06. The molecule has 3 N–H and O–H groups in total. The summed E-state index contributed by atoms with van der Waals surface area (Å²) >= 11 is 0. The van der Waals surface area contributed by atoms with Crippen LogP contribution in [0.5, 0.6) is 0 Å². The predicted molar refractivity (Wildman–Crippen MR) is 106 cm³/mol. The lowest BCUT2D eigenvalue weighted by Gasteiger charge is -2.30. The van der Waals surface area contributed by atoms with Crippen molar-refractivity contribution in [3.8, 4) is 0 Å². The molecule has 1 amide bonds. The number of hydrogen-bond acceptors (Lipinski definition) is 5. The number of ether oxygens (including phenoxy) is 1. The molecule has 2 atom stereocenters. The van der Waals surface area contributed by atoms with Crippen LogP contribution in [0.3, 0.4) is 0 Å². The summed E-state index contributed by atoms with van der Waals surface area (Å²) in [4.78, 5) is 17.0. The molecule has 3 heterocycles. The lowest BCUT2D eigenvalue weighted by molar-refractivity contribution is 0.0842. The van der Waals surface area contributed by atoms with E-state index in [2.05, 4.69) is 27.8 Å². The van der Waals surface area contributed by atoms with Gasteiger partial charge in [-0.3, -0.25) is 9.78 Å². The Morgan fingerprint density at radius 3 is 2.86 bits per heavy atom. The van der Waals surface area contributed by atoms with Crippen molar-refractivity contribution in [2.45, 2.75) is 43.9 Å². The van der Waals surface area contributed by atoms with Crippen molar-refractivity contribution in [3.63, 3.8) is 0 Å². The molecule has 0 bridgehead atoms. The Balaban J connectivity index is 1.33. The van der Waals surface area contributed by atoms with Crippen molar-refractivity contribution in [2.75, 3.05) is 19.8 Å². The third-order valence-electron chi connectivity index (χ3n) is 5.73. The lowest BCUT2D eigenvalue weighted by atomic mass is 9.93. The smallest absolute Gasteiger partial charge is 0.251 e. The number of benzene rings is 1. The fraction of sp³-hybridized carbons (Fsp3) is 0.455. The third kappa shape index (κ3) is 4.41. The molecule has 0 aliphatic carbocycles. The number of aromatic nitrogens is 1. The van der Waals surface area contributed by atoms with E-state index in [4.69, 9.17) is 4.74 Å². The van der Waals surface area contributed by atoms with Gasteiger partial charge in [0.25, 0.3) is 5.91 Å². The number of pyridine rings is 1. The van der Waals surface area contributed by atoms with Crippen LogP contribution in [0.2, 0.25) is 0 Å². The molecule has 2 aromatic rings. The van der Waals surface area contributed by atoms with Crippen molar-refractivity contribution in [2.24, 2.45) is 0 Å². The summed E-state index contributed by atoms with van der Waals surface area (Å²) in [6.45, 7) is 2.44. The number of hydrogen-bond donors (Lipinski definition) is 3. The van der Waals surface area contributed by atoms with Gasteiger partial charge in [0.15, 0.2) is 0 Å². The van der Waals surface area contributed by atoms with Gasteiger partial charge in [-0.05, 0) is 42.5 Å². The van der Waals surface area contributed by atoms with Crippen molar-refractivity contribution >= 4 is 5.91 Å². The molecule has 6 nitrogen and oxygen atoms in total. The van der Waals surface area contributed by atoms with Crippen molar-refractivity contribution in [1.29, 1.82) is 0 Å². The molecule has 2 aliphatic heterocycles. The first-order valence-electron chi connectivity index (χ1n) is 10.0. The van der Waals surface area contributed by atoms with Gasteiger partial charge in [0, 0.05) is 55.7 Å². The average Bonchev–Trinajstić information content (AvgIpc) is 2.77. The summed E-state index contributed by atoms with van der Waals surface area (Å²) in [7, 11) is 0. The zero-order chi connectivity index (χ0) is 19.3. The van der Waals surface area contributed by atoms with Gasteiger partial charge >= 0.3 is 0 Å². The van der Waals surface area contributed by atoms with Crippen molar-refractivity contribution < 1.29 is 14.6 Å². The first kappa shape index (κ1) is 19.1. The minimum Gasteiger partial charge on any atom is -0.390 e. The summed E-state index contributed by atoms with van der Waals surface area (Å²) < 4.78 is 5.40. The molecule has 6 heteroatoms. The minimum atomic E-state index is -0.644. The van der Waals surface area contributed by atoms with E-state index in [1.165, 1.54) is 11.1 Å². The maximum absolute atomic E-state index is 12.6. The topological polar surface area (TPSA) is 83.5 Å². The number of rotatable bonds is 5. The Morgan fingerprint density at radius 2 is 2.04 bits per heavy atom. The van der Waals surface area contributed by atoms with Crippen molar-refractivity contribution in [3.05, 3.63) is 65.0 Å². The van der Waals surface area contributed by atoms with E-state index in [0.717, 1.165) is 44.7 Å². The highest BCUT2D eigenvalue weighted by Gasteiger charge is 2.25. The zero-order valence-electron chi connectivity index (χ0n) is 15.9. The van der Waals surface area contributed by atoms with E-state index < -0.39 is 6.10 Å². The number of nitrogens with zero attached hydrogens (tertiary/aromatic N) is 1. The van der Waals surface area contributed by atoms with E-state index in [1.807, 2.05) is 18.2 Å². The molecule has 148 valence electrons. The number of fused-ring (bicyclic) bond motifs is 1. The highest BCUT2D eigenvalue weighted by molar-refractivity contribution is 5.94. The van der Waals surface area contributed by atoms with Gasteiger partial charge in [0.2, 0.25) is 0 Å². The molecule has 1 unspecified atom stereocenters. The van der Waals surface area contributed by atoms with Crippen LogP contribution in [-0.2, 0) is 17.7 Å². The largest absolute Gasteiger partial charge is 0.390 e. The fourth-order valence-electron chi connectivity index (χ4n) is 4.00. The zero-order valence-corrected chi connectivity index (χ0v) is 15.9. The second-order valence-electron chi connectivity index (χ2n) is 7.59. The molecule has 0 radical (unpaired) electrons. The van der Waals surface area contributed by atoms with E-state index >= 15 is 0 Å². The van der Waals surface area contributed by atoms with Crippen LogP contribution in [0, 0.1) is 0 Å². The van der Waals surface area contributed by atoms with E-state index in [9.17, 15) is 9.90 Å². The standard InChI is InChI=1S/C22H27N3O3/c26-21(20-11-16-3-1-2-4-18(16)13-24-20)14-25-22(27)17-5-8-23-19(12-17)15-6-9-28-10-7-15/h1-5,8,12,15,20-21,24,26H,6-7,9-11,13-14H2,(H,25,27)/t20-,21?/m0/s1. The summed E-state index contributed by atoms with van der Waals surface area (Å²) in [5, 5.41) is 16.8. The number of carbonyl (C=O) groups is 1. The van der Waals surface area contributed by atoms with E-state index in [-0.39, 0.29) is 18.5 Å². The summed E-state index contributed by atoms with van der Waals surface area (Å²) in [6, 6.07) is 11.8. The first-order valence-corrected chi connectivity index (χ1v) is 10.0. The summed E-state index contributed by atoms with van der Waals surface area (Å²) in [6.07, 6.45) is 3.68. The van der Waals surface area contributed by atoms with Gasteiger partial charge in [0.1, 0.15) is 0 Å². The van der Waals surface area contributed by atoms with Crippen LogP contribution in [0.15, 0.2) is 42.6 Å². The molecule has 0 spiro atoms. The van der Waals surface area contributed by atoms with Crippen LogP contribution in [0.1, 0.15) is 45.9 Å². The SMILES string of the molecule is O=C(NCC(O)[C@@H]1Cc2ccccc2CN1)c1ccnc(C2CCOCC2)c1. The Labute approximate surface area is 165 Å². The average molecular weight is 381 g/mol. The Morgan fingerprint density at radius 1 is 1.25 bits per heavy atom. The molecule has 28 heavy (non-hydrogen) atoms. The molecule has 1 saturated heterocycles. The Hall–Kier alpha value is -2.28. The number of carbonyl (C=O) groups excluding carboxylic acids is 1. The monoisotopic (exact) mass is 381 g/mol. The number of amides is 1. The number of nitrogens with one attached hydrogen (secondary N) is 2. The molecule has 4 rings (SSSR count). The van der Waals surface area contributed by atoms with Gasteiger partial charge in [0.05, 0.1) is 6.10 Å². The molecular formula is C22H27N3O3. The van der Waals surface area contributed by atoms with Crippen LogP contribution >= 0.6 is 0 Å². The van der Waals surface area contributed by atoms with Gasteiger partial charge in [-0.25, -0.2) is 0 Å². The second kappa shape index (κ2) is 8.82. The molecule has 1 fully saturated rings. The maximum Gasteiger partial charge on any atom is 0.251 e. The Bertz CT molecular complexity index is 820. The normalized spacial score (nSPS) is 21.0. The maximum atomic E-state index is 12.6. The van der Waals surface area contributed by atoms with Crippen LogP contribution < -0.4 is 10.6 Å². The van der Waals surface area contributed by atoms with Crippen LogP contribution in [0.4, 0.5) is 0 Å². The predicted octanol–water partition coefficient (Wildman–Crippen LogP) is 1.78. The molecule has 1 aromatic heterocycles. The van der Waals surface area contributed by atoms with E-state index in [1.54, 1.807) is 12.3 Å². The first-order chi connectivity index (χ1) is 13.7. The van der Waals surface area contributed by atoms with Gasteiger partial charge in [-0.2, -0.15) is 0 Å². The molecule has 2 aliphatic rings. The molecular weight excluding hydrogens is 354 g/mol. The quantitative estimate of drug-likeness (QED) is 0.735. The van der Waals surface area contributed by atoms with Crippen molar-refractivity contribution in [1.82, 2.24) is 15.6 Å².